The van der Waals surface area contributed by atoms with Gasteiger partial charge in [-0.1, -0.05) is 41.4 Å². The van der Waals surface area contributed by atoms with Gasteiger partial charge in [0, 0.05) is 53.4 Å². The van der Waals surface area contributed by atoms with Crippen molar-refractivity contribution in [3.8, 4) is 16.9 Å². The molecule has 3 rings (SSSR count). The van der Waals surface area contributed by atoms with Gasteiger partial charge in [-0.2, -0.15) is 0 Å². The first-order chi connectivity index (χ1) is 14.8. The first kappa shape index (κ1) is 23.3. The third-order valence-electron chi connectivity index (χ3n) is 5.06. The van der Waals surface area contributed by atoms with E-state index in [9.17, 15) is 9.59 Å². The Hall–Kier alpha value is -2.41. The quantitative estimate of drug-likeness (QED) is 0.612. The van der Waals surface area contributed by atoms with Crippen LogP contribution in [0.25, 0.3) is 11.1 Å². The van der Waals surface area contributed by atoms with Crippen LogP contribution in [0.1, 0.15) is 0 Å². The molecule has 0 unspecified atom stereocenters. The van der Waals surface area contributed by atoms with Crippen molar-refractivity contribution in [3.05, 3.63) is 58.1 Å². The van der Waals surface area contributed by atoms with E-state index < -0.39 is 0 Å². The summed E-state index contributed by atoms with van der Waals surface area (Å²) in [5.74, 6) is 0.300. The minimum Gasteiger partial charge on any atom is -0.495 e. The molecule has 1 N–H and O–H groups in total. The standard InChI is InChI=1S/C22H22Cl3N3O3/c1-3-21(29)27-6-8-28(9-7-27)22(30)13-26-19-11-16(18(25)12-20(19)31-2)15-10-14(23)4-5-17(15)24/h3-5,10-12,26H,1,6-9,13H2,2H3. The highest BCUT2D eigenvalue weighted by Gasteiger charge is 2.23. The number of rotatable bonds is 6. The van der Waals surface area contributed by atoms with Gasteiger partial charge in [-0.05, 0) is 30.3 Å². The van der Waals surface area contributed by atoms with Crippen molar-refractivity contribution in [2.45, 2.75) is 0 Å². The summed E-state index contributed by atoms with van der Waals surface area (Å²) in [5.41, 5.74) is 1.95. The molecule has 0 atom stereocenters. The lowest BCUT2D eigenvalue weighted by Crippen LogP contribution is -2.51. The summed E-state index contributed by atoms with van der Waals surface area (Å²) in [6.45, 7) is 5.48. The van der Waals surface area contributed by atoms with Gasteiger partial charge in [0.15, 0.2) is 0 Å². The molecule has 6 nitrogen and oxygen atoms in total. The van der Waals surface area contributed by atoms with Crippen LogP contribution in [-0.4, -0.2) is 61.4 Å². The Morgan fingerprint density at radius 1 is 1.03 bits per heavy atom. The largest absolute Gasteiger partial charge is 0.495 e. The monoisotopic (exact) mass is 481 g/mol. The number of nitrogens with zero attached hydrogens (tertiary/aromatic N) is 2. The van der Waals surface area contributed by atoms with Gasteiger partial charge in [0.05, 0.1) is 24.4 Å². The molecule has 1 fully saturated rings. The zero-order valence-corrected chi connectivity index (χ0v) is 19.2. The van der Waals surface area contributed by atoms with Gasteiger partial charge in [0.2, 0.25) is 11.8 Å². The molecule has 1 saturated heterocycles. The smallest absolute Gasteiger partial charge is 0.246 e. The van der Waals surface area contributed by atoms with E-state index in [1.807, 2.05) is 0 Å². The van der Waals surface area contributed by atoms with Crippen molar-refractivity contribution < 1.29 is 14.3 Å². The normalized spacial score (nSPS) is 13.7. The summed E-state index contributed by atoms with van der Waals surface area (Å²) >= 11 is 18.9. The van der Waals surface area contributed by atoms with E-state index in [0.29, 0.717) is 63.8 Å². The minimum absolute atomic E-state index is 0.0656. The number of hydrogen-bond donors (Lipinski definition) is 1. The molecule has 0 bridgehead atoms. The lowest BCUT2D eigenvalue weighted by molar-refractivity contribution is -0.135. The molecule has 1 aliphatic heterocycles. The van der Waals surface area contributed by atoms with Crippen LogP contribution < -0.4 is 10.1 Å². The molecule has 2 aromatic rings. The Labute approximate surface area is 196 Å². The molecule has 1 aliphatic rings. The summed E-state index contributed by atoms with van der Waals surface area (Å²) in [4.78, 5) is 27.8. The highest BCUT2D eigenvalue weighted by atomic mass is 35.5. The van der Waals surface area contributed by atoms with Crippen molar-refractivity contribution in [1.29, 1.82) is 0 Å². The van der Waals surface area contributed by atoms with Crippen molar-refractivity contribution in [1.82, 2.24) is 9.80 Å². The van der Waals surface area contributed by atoms with E-state index >= 15 is 0 Å². The average Bonchev–Trinajstić information content (AvgIpc) is 2.79. The number of benzene rings is 2. The van der Waals surface area contributed by atoms with Gasteiger partial charge < -0.3 is 19.9 Å². The van der Waals surface area contributed by atoms with Crippen molar-refractivity contribution >= 4 is 52.3 Å². The molecule has 0 aliphatic carbocycles. The molecule has 164 valence electrons. The Morgan fingerprint density at radius 3 is 2.32 bits per heavy atom. The van der Waals surface area contributed by atoms with Gasteiger partial charge in [-0.3, -0.25) is 9.59 Å². The molecule has 9 heteroatoms. The molecule has 0 aromatic heterocycles. The number of halogens is 3. The molecule has 2 aromatic carbocycles. The first-order valence-electron chi connectivity index (χ1n) is 9.60. The first-order valence-corrected chi connectivity index (χ1v) is 10.7. The van der Waals surface area contributed by atoms with Crippen LogP contribution >= 0.6 is 34.8 Å². The zero-order valence-electron chi connectivity index (χ0n) is 17.0. The second kappa shape index (κ2) is 10.3. The number of nitrogens with one attached hydrogen (secondary N) is 1. The van der Waals surface area contributed by atoms with Gasteiger partial charge in [0.25, 0.3) is 0 Å². The Morgan fingerprint density at radius 2 is 1.68 bits per heavy atom. The van der Waals surface area contributed by atoms with Crippen molar-refractivity contribution in [2.24, 2.45) is 0 Å². The molecule has 0 saturated carbocycles. The summed E-state index contributed by atoms with van der Waals surface area (Å²) in [6, 6.07) is 8.59. The van der Waals surface area contributed by atoms with Crippen molar-refractivity contribution in [3.63, 3.8) is 0 Å². The predicted molar refractivity (Wildman–Crippen MR) is 125 cm³/mol. The molecule has 0 spiro atoms. The lowest BCUT2D eigenvalue weighted by Gasteiger charge is -2.34. The summed E-state index contributed by atoms with van der Waals surface area (Å²) in [5, 5.41) is 4.61. The number of methoxy groups -OCH3 is 1. The maximum Gasteiger partial charge on any atom is 0.246 e. The van der Waals surface area contributed by atoms with E-state index in [2.05, 4.69) is 11.9 Å². The predicted octanol–water partition coefficient (Wildman–Crippen LogP) is 4.59. The minimum atomic E-state index is -0.122. The molecular formula is C22H22Cl3N3O3. The van der Waals surface area contributed by atoms with Gasteiger partial charge in [-0.25, -0.2) is 0 Å². The third-order valence-corrected chi connectivity index (χ3v) is 5.93. The molecule has 1 heterocycles. The number of piperazine rings is 1. The van der Waals surface area contributed by atoms with Gasteiger partial charge >= 0.3 is 0 Å². The van der Waals surface area contributed by atoms with Crippen LogP contribution in [0.3, 0.4) is 0 Å². The number of hydrogen-bond acceptors (Lipinski definition) is 4. The fourth-order valence-electron chi connectivity index (χ4n) is 3.36. The van der Waals surface area contributed by atoms with Crippen LogP contribution in [0, 0.1) is 0 Å². The van der Waals surface area contributed by atoms with E-state index in [-0.39, 0.29) is 18.4 Å². The summed E-state index contributed by atoms with van der Waals surface area (Å²) < 4.78 is 5.42. The Balaban J connectivity index is 1.74. The maximum atomic E-state index is 12.7. The van der Waals surface area contributed by atoms with Crippen molar-refractivity contribution in [2.75, 3.05) is 45.2 Å². The summed E-state index contributed by atoms with van der Waals surface area (Å²) in [7, 11) is 1.53. The van der Waals surface area contributed by atoms with Crippen LogP contribution in [-0.2, 0) is 9.59 Å². The highest BCUT2D eigenvalue weighted by Crippen LogP contribution is 2.40. The molecule has 31 heavy (non-hydrogen) atoms. The van der Waals surface area contributed by atoms with E-state index in [4.69, 9.17) is 39.5 Å². The van der Waals surface area contributed by atoms with E-state index in [1.165, 1.54) is 13.2 Å². The van der Waals surface area contributed by atoms with Gasteiger partial charge in [-0.15, -0.1) is 0 Å². The fraction of sp³-hybridized carbons (Fsp3) is 0.273. The van der Waals surface area contributed by atoms with Gasteiger partial charge in [0.1, 0.15) is 5.75 Å². The topological polar surface area (TPSA) is 61.9 Å². The number of amides is 2. The highest BCUT2D eigenvalue weighted by molar-refractivity contribution is 6.37. The fourth-order valence-corrected chi connectivity index (χ4v) is 4.01. The number of carbonyl (C=O) groups excluding carboxylic acids is 2. The second-order valence-corrected chi connectivity index (χ2v) is 8.17. The number of ether oxygens (including phenoxy) is 1. The zero-order chi connectivity index (χ0) is 22.5. The second-order valence-electron chi connectivity index (χ2n) is 6.92. The molecule has 2 amide bonds. The van der Waals surface area contributed by atoms with E-state index in [0.717, 1.165) is 0 Å². The van der Waals surface area contributed by atoms with Crippen LogP contribution in [0.2, 0.25) is 15.1 Å². The molecule has 0 radical (unpaired) electrons. The Bertz CT molecular complexity index is 1000. The van der Waals surface area contributed by atoms with Crippen LogP contribution in [0.4, 0.5) is 5.69 Å². The number of carbonyl (C=O) groups is 2. The van der Waals surface area contributed by atoms with E-state index in [1.54, 1.807) is 40.1 Å². The van der Waals surface area contributed by atoms with Crippen LogP contribution in [0.15, 0.2) is 43.0 Å². The number of anilines is 1. The summed E-state index contributed by atoms with van der Waals surface area (Å²) in [6.07, 6.45) is 1.29. The average molecular weight is 483 g/mol. The lowest BCUT2D eigenvalue weighted by atomic mass is 10.0. The Kier molecular flexibility index (Phi) is 7.70. The SMILES string of the molecule is C=CC(=O)N1CCN(C(=O)CNc2cc(-c3cc(Cl)ccc3Cl)c(Cl)cc2OC)CC1. The molecular weight excluding hydrogens is 461 g/mol. The third kappa shape index (κ3) is 5.45. The maximum absolute atomic E-state index is 12.7. The van der Waals surface area contributed by atoms with Crippen LogP contribution in [0.5, 0.6) is 5.75 Å².